The average molecular weight is 291 g/mol. The number of halogens is 2. The minimum Gasteiger partial charge on any atom is -0.370 e. The van der Waals surface area contributed by atoms with Crippen LogP contribution in [0.25, 0.3) is 10.9 Å². The number of likely N-dealkylation sites (N-methyl/N-ethyl adjacent to an activating group) is 1. The summed E-state index contributed by atoms with van der Waals surface area (Å²) in [6.45, 7) is 6.99. The summed E-state index contributed by atoms with van der Waals surface area (Å²) in [5, 5.41) is 0.556. The molecule has 1 fully saturated rings. The average Bonchev–Trinajstić information content (AvgIpc) is 2.72. The zero-order chi connectivity index (χ0) is 14.8. The fraction of sp³-hybridized carbons (Fsp3) is 0.438. The van der Waals surface area contributed by atoms with E-state index in [-0.39, 0.29) is 5.52 Å². The third-order valence-corrected chi connectivity index (χ3v) is 4.12. The summed E-state index contributed by atoms with van der Waals surface area (Å²) in [6.07, 6.45) is 2.65. The highest BCUT2D eigenvalue weighted by atomic mass is 19.1. The molecule has 0 spiro atoms. The summed E-state index contributed by atoms with van der Waals surface area (Å²) in [4.78, 5) is 8.65. The zero-order valence-electron chi connectivity index (χ0n) is 12.1. The first kappa shape index (κ1) is 14.2. The lowest BCUT2D eigenvalue weighted by atomic mass is 10.1. The van der Waals surface area contributed by atoms with Gasteiger partial charge in [-0.15, -0.1) is 0 Å². The Bertz CT molecular complexity index is 645. The first-order valence-corrected chi connectivity index (χ1v) is 7.40. The lowest BCUT2D eigenvalue weighted by Gasteiger charge is -2.24. The molecule has 1 aliphatic rings. The minimum absolute atomic E-state index is 0.241. The van der Waals surface area contributed by atoms with E-state index in [0.717, 1.165) is 50.9 Å². The van der Waals surface area contributed by atoms with Crippen LogP contribution < -0.4 is 4.90 Å². The van der Waals surface area contributed by atoms with Gasteiger partial charge in [0, 0.05) is 43.0 Å². The molecule has 1 saturated heterocycles. The Morgan fingerprint density at radius 3 is 2.81 bits per heavy atom. The van der Waals surface area contributed by atoms with Gasteiger partial charge in [0.15, 0.2) is 5.82 Å². The van der Waals surface area contributed by atoms with Gasteiger partial charge in [0.1, 0.15) is 11.3 Å². The second kappa shape index (κ2) is 5.93. The van der Waals surface area contributed by atoms with Crippen LogP contribution in [-0.2, 0) is 0 Å². The fourth-order valence-electron chi connectivity index (χ4n) is 2.97. The van der Waals surface area contributed by atoms with Gasteiger partial charge in [-0.05, 0) is 31.6 Å². The van der Waals surface area contributed by atoms with Crippen LogP contribution in [0.1, 0.15) is 13.3 Å². The highest BCUT2D eigenvalue weighted by molar-refractivity contribution is 5.92. The molecule has 112 valence electrons. The van der Waals surface area contributed by atoms with Gasteiger partial charge in [-0.2, -0.15) is 0 Å². The number of nitrogens with zero attached hydrogens (tertiary/aromatic N) is 3. The lowest BCUT2D eigenvalue weighted by Crippen LogP contribution is -2.30. The Morgan fingerprint density at radius 1 is 1.14 bits per heavy atom. The number of fused-ring (bicyclic) bond motifs is 1. The molecule has 2 heterocycles. The molecule has 0 unspecified atom stereocenters. The molecule has 3 rings (SSSR count). The highest BCUT2D eigenvalue weighted by Crippen LogP contribution is 2.28. The van der Waals surface area contributed by atoms with Gasteiger partial charge < -0.3 is 9.80 Å². The van der Waals surface area contributed by atoms with Gasteiger partial charge in [0.05, 0.1) is 0 Å². The van der Waals surface area contributed by atoms with Crippen molar-refractivity contribution in [2.45, 2.75) is 13.3 Å². The van der Waals surface area contributed by atoms with Crippen molar-refractivity contribution in [3.8, 4) is 0 Å². The van der Waals surface area contributed by atoms with Crippen molar-refractivity contribution in [1.82, 2.24) is 9.88 Å². The molecule has 0 aliphatic carbocycles. The van der Waals surface area contributed by atoms with Crippen LogP contribution in [0, 0.1) is 11.6 Å². The molecule has 3 nitrogen and oxygen atoms in total. The summed E-state index contributed by atoms with van der Waals surface area (Å²) in [7, 11) is 0. The molecular weight excluding hydrogens is 272 g/mol. The summed E-state index contributed by atoms with van der Waals surface area (Å²) in [5.41, 5.74) is 1.11. The van der Waals surface area contributed by atoms with Crippen LogP contribution in [0.2, 0.25) is 0 Å². The SMILES string of the molecule is CCN1CCCN(c2ccnc3c(F)cc(F)cc23)CC1. The summed E-state index contributed by atoms with van der Waals surface area (Å²) < 4.78 is 27.4. The normalized spacial score (nSPS) is 17.2. The van der Waals surface area contributed by atoms with Crippen LogP contribution >= 0.6 is 0 Å². The van der Waals surface area contributed by atoms with E-state index < -0.39 is 11.6 Å². The van der Waals surface area contributed by atoms with E-state index in [2.05, 4.69) is 21.7 Å². The fourth-order valence-corrected chi connectivity index (χ4v) is 2.97. The third-order valence-electron chi connectivity index (χ3n) is 4.12. The maximum Gasteiger partial charge on any atom is 0.152 e. The molecule has 0 amide bonds. The van der Waals surface area contributed by atoms with Gasteiger partial charge in [-0.3, -0.25) is 4.98 Å². The molecule has 0 N–H and O–H groups in total. The van der Waals surface area contributed by atoms with Crippen LogP contribution in [0.5, 0.6) is 0 Å². The first-order valence-electron chi connectivity index (χ1n) is 7.40. The molecule has 0 radical (unpaired) electrons. The molecule has 21 heavy (non-hydrogen) atoms. The van der Waals surface area contributed by atoms with E-state index in [1.807, 2.05) is 6.07 Å². The number of aromatic nitrogens is 1. The standard InChI is InChI=1S/C16H19F2N3/c1-2-20-6-3-7-21(9-8-20)15-4-5-19-16-13(15)10-12(17)11-14(16)18/h4-5,10-11H,2-3,6-9H2,1H3. The Balaban J connectivity index is 2.00. The summed E-state index contributed by atoms with van der Waals surface area (Å²) in [5.74, 6) is -1.16. The van der Waals surface area contributed by atoms with Crippen molar-refractivity contribution in [3.05, 3.63) is 36.0 Å². The highest BCUT2D eigenvalue weighted by Gasteiger charge is 2.17. The van der Waals surface area contributed by atoms with Crippen LogP contribution in [0.15, 0.2) is 24.4 Å². The molecule has 0 atom stereocenters. The molecule has 0 bridgehead atoms. The van der Waals surface area contributed by atoms with E-state index >= 15 is 0 Å². The second-order valence-corrected chi connectivity index (χ2v) is 5.39. The topological polar surface area (TPSA) is 19.4 Å². The summed E-state index contributed by atoms with van der Waals surface area (Å²) in [6, 6.07) is 4.12. The number of anilines is 1. The van der Waals surface area contributed by atoms with E-state index in [4.69, 9.17) is 0 Å². The first-order chi connectivity index (χ1) is 10.2. The minimum atomic E-state index is -0.600. The predicted molar refractivity (Wildman–Crippen MR) is 80.6 cm³/mol. The molecule has 1 aromatic carbocycles. The zero-order valence-corrected chi connectivity index (χ0v) is 12.1. The monoisotopic (exact) mass is 291 g/mol. The van der Waals surface area contributed by atoms with Gasteiger partial charge in [-0.25, -0.2) is 8.78 Å². The Labute approximate surface area is 123 Å². The van der Waals surface area contributed by atoms with Crippen LogP contribution in [0.3, 0.4) is 0 Å². The maximum absolute atomic E-state index is 13.9. The molecule has 2 aromatic rings. The number of rotatable bonds is 2. The van der Waals surface area contributed by atoms with Crippen LogP contribution in [0.4, 0.5) is 14.5 Å². The van der Waals surface area contributed by atoms with Crippen molar-refractivity contribution in [2.75, 3.05) is 37.6 Å². The molecule has 5 heteroatoms. The van der Waals surface area contributed by atoms with Crippen molar-refractivity contribution in [1.29, 1.82) is 0 Å². The number of pyridine rings is 1. The van der Waals surface area contributed by atoms with E-state index in [9.17, 15) is 8.78 Å². The largest absolute Gasteiger partial charge is 0.370 e. The van der Waals surface area contributed by atoms with Crippen LogP contribution in [-0.4, -0.2) is 42.6 Å². The third kappa shape index (κ3) is 2.83. The predicted octanol–water partition coefficient (Wildman–Crippen LogP) is 3.05. The van der Waals surface area contributed by atoms with Gasteiger partial charge >= 0.3 is 0 Å². The van der Waals surface area contributed by atoms with Gasteiger partial charge in [0.25, 0.3) is 0 Å². The smallest absolute Gasteiger partial charge is 0.152 e. The van der Waals surface area contributed by atoms with E-state index in [0.29, 0.717) is 5.39 Å². The lowest BCUT2D eigenvalue weighted by molar-refractivity contribution is 0.310. The van der Waals surface area contributed by atoms with Crippen molar-refractivity contribution < 1.29 is 8.78 Å². The number of benzene rings is 1. The molecule has 1 aliphatic heterocycles. The van der Waals surface area contributed by atoms with Gasteiger partial charge in [-0.1, -0.05) is 6.92 Å². The Morgan fingerprint density at radius 2 is 2.00 bits per heavy atom. The number of hydrogen-bond acceptors (Lipinski definition) is 3. The molecule has 1 aromatic heterocycles. The van der Waals surface area contributed by atoms with Crippen molar-refractivity contribution in [3.63, 3.8) is 0 Å². The Hall–Kier alpha value is -1.75. The number of hydrogen-bond donors (Lipinski definition) is 0. The molecule has 0 saturated carbocycles. The summed E-state index contributed by atoms with van der Waals surface area (Å²) >= 11 is 0. The van der Waals surface area contributed by atoms with Crippen molar-refractivity contribution >= 4 is 16.6 Å². The van der Waals surface area contributed by atoms with E-state index in [1.165, 1.54) is 6.07 Å². The van der Waals surface area contributed by atoms with Gasteiger partial charge in [0.2, 0.25) is 0 Å². The van der Waals surface area contributed by atoms with E-state index in [1.54, 1.807) is 6.20 Å². The van der Waals surface area contributed by atoms with Crippen molar-refractivity contribution in [2.24, 2.45) is 0 Å². The maximum atomic E-state index is 13.9. The Kier molecular flexibility index (Phi) is 4.01. The second-order valence-electron chi connectivity index (χ2n) is 5.39. The molecular formula is C16H19F2N3. The quantitative estimate of drug-likeness (QED) is 0.848.